The first-order valence-electron chi connectivity index (χ1n) is 10.2. The molecule has 1 heterocycles. The van der Waals surface area contributed by atoms with E-state index in [2.05, 4.69) is 4.99 Å². The van der Waals surface area contributed by atoms with Crippen LogP contribution in [-0.2, 0) is 16.0 Å². The van der Waals surface area contributed by atoms with E-state index in [4.69, 9.17) is 14.2 Å². The summed E-state index contributed by atoms with van der Waals surface area (Å²) in [7, 11) is 0. The van der Waals surface area contributed by atoms with Gasteiger partial charge in [0.2, 0.25) is 5.90 Å². The summed E-state index contributed by atoms with van der Waals surface area (Å²) >= 11 is 0. The number of cyclic esters (lactones) is 1. The second-order valence-corrected chi connectivity index (χ2v) is 6.98. The minimum Gasteiger partial charge on any atom is -0.490 e. The van der Waals surface area contributed by atoms with E-state index in [0.717, 1.165) is 5.56 Å². The van der Waals surface area contributed by atoms with E-state index in [1.54, 1.807) is 48.5 Å². The largest absolute Gasteiger partial charge is 0.490 e. The molecule has 0 atom stereocenters. The molecule has 0 aliphatic carbocycles. The minimum absolute atomic E-state index is 0.201. The standard InChI is InChI=1S/C26H21NO5/c1-2-30-23-16-19(13-14-22(23)31-25(28)20-11-7-4-8-12-20)15-21-26(29)32-24(27-21)17-18-9-5-3-6-10-18/h3-16H,2,17H2,1H3/b21-15+. The Hall–Kier alpha value is -4.19. The molecule has 0 amide bonds. The molecule has 0 N–H and O–H groups in total. The fourth-order valence-corrected chi connectivity index (χ4v) is 3.16. The van der Waals surface area contributed by atoms with Gasteiger partial charge in [0.15, 0.2) is 17.2 Å². The third-order valence-electron chi connectivity index (χ3n) is 4.65. The Bertz CT molecular complexity index is 1180. The second kappa shape index (κ2) is 9.75. The second-order valence-electron chi connectivity index (χ2n) is 6.98. The van der Waals surface area contributed by atoms with E-state index >= 15 is 0 Å². The highest BCUT2D eigenvalue weighted by atomic mass is 16.6. The first-order valence-corrected chi connectivity index (χ1v) is 10.2. The molecule has 0 spiro atoms. The average molecular weight is 427 g/mol. The summed E-state index contributed by atoms with van der Waals surface area (Å²) in [5.41, 5.74) is 2.32. The Morgan fingerprint density at radius 3 is 2.41 bits per heavy atom. The molecule has 0 radical (unpaired) electrons. The first kappa shape index (κ1) is 21.1. The van der Waals surface area contributed by atoms with Crippen molar-refractivity contribution < 1.29 is 23.8 Å². The summed E-state index contributed by atoms with van der Waals surface area (Å²) in [5.74, 6) is 0.0580. The van der Waals surface area contributed by atoms with Crippen LogP contribution in [0.25, 0.3) is 6.08 Å². The zero-order valence-electron chi connectivity index (χ0n) is 17.5. The third kappa shape index (κ3) is 5.10. The van der Waals surface area contributed by atoms with E-state index in [1.807, 2.05) is 43.3 Å². The van der Waals surface area contributed by atoms with Crippen LogP contribution in [0.3, 0.4) is 0 Å². The smallest absolute Gasteiger partial charge is 0.363 e. The van der Waals surface area contributed by atoms with Gasteiger partial charge < -0.3 is 14.2 Å². The lowest BCUT2D eigenvalue weighted by atomic mass is 10.1. The molecule has 4 rings (SSSR count). The summed E-state index contributed by atoms with van der Waals surface area (Å²) in [6, 6.07) is 23.4. The van der Waals surface area contributed by atoms with Gasteiger partial charge >= 0.3 is 11.9 Å². The van der Waals surface area contributed by atoms with Crippen LogP contribution < -0.4 is 9.47 Å². The quantitative estimate of drug-likeness (QED) is 0.306. The molecule has 0 unspecified atom stereocenters. The number of benzene rings is 3. The van der Waals surface area contributed by atoms with Gasteiger partial charge in [-0.3, -0.25) is 0 Å². The number of nitrogens with zero attached hydrogens (tertiary/aromatic N) is 1. The number of rotatable bonds is 7. The van der Waals surface area contributed by atoms with Crippen molar-refractivity contribution in [1.29, 1.82) is 0 Å². The van der Waals surface area contributed by atoms with E-state index < -0.39 is 11.9 Å². The van der Waals surface area contributed by atoms with Crippen molar-refractivity contribution in [2.45, 2.75) is 13.3 Å². The maximum atomic E-state index is 12.4. The molecule has 0 fully saturated rings. The molecule has 1 aliphatic rings. The van der Waals surface area contributed by atoms with Crippen molar-refractivity contribution in [3.8, 4) is 11.5 Å². The molecule has 1 aliphatic heterocycles. The lowest BCUT2D eigenvalue weighted by Gasteiger charge is -2.11. The molecule has 160 valence electrons. The van der Waals surface area contributed by atoms with Crippen molar-refractivity contribution in [1.82, 2.24) is 0 Å². The summed E-state index contributed by atoms with van der Waals surface area (Å²) in [5, 5.41) is 0. The number of esters is 2. The van der Waals surface area contributed by atoms with Gasteiger partial charge in [0.05, 0.1) is 12.2 Å². The lowest BCUT2D eigenvalue weighted by molar-refractivity contribution is -0.130. The molecule has 0 aromatic heterocycles. The summed E-state index contributed by atoms with van der Waals surface area (Å²) in [6.07, 6.45) is 2.05. The van der Waals surface area contributed by atoms with Gasteiger partial charge in [-0.1, -0.05) is 54.6 Å². The predicted molar refractivity (Wildman–Crippen MR) is 121 cm³/mol. The van der Waals surface area contributed by atoms with Crippen molar-refractivity contribution in [3.63, 3.8) is 0 Å². The molecule has 0 saturated heterocycles. The number of carbonyl (C=O) groups is 2. The van der Waals surface area contributed by atoms with Gasteiger partial charge in [0, 0.05) is 6.42 Å². The topological polar surface area (TPSA) is 74.2 Å². The highest BCUT2D eigenvalue weighted by molar-refractivity contribution is 6.07. The van der Waals surface area contributed by atoms with E-state index in [1.165, 1.54) is 0 Å². The highest BCUT2D eigenvalue weighted by Crippen LogP contribution is 2.31. The fourth-order valence-electron chi connectivity index (χ4n) is 3.16. The predicted octanol–water partition coefficient (Wildman–Crippen LogP) is 4.84. The number of aliphatic imine (C=N–C) groups is 1. The van der Waals surface area contributed by atoms with Gasteiger partial charge in [-0.05, 0) is 48.4 Å². The Morgan fingerprint density at radius 1 is 0.969 bits per heavy atom. The Balaban J connectivity index is 1.54. The molecule has 6 nitrogen and oxygen atoms in total. The summed E-state index contributed by atoms with van der Waals surface area (Å²) in [6.45, 7) is 2.22. The number of hydrogen-bond donors (Lipinski definition) is 0. The van der Waals surface area contributed by atoms with Crippen LogP contribution in [0.15, 0.2) is 89.6 Å². The Morgan fingerprint density at radius 2 is 1.69 bits per heavy atom. The minimum atomic E-state index is -0.506. The average Bonchev–Trinajstić information content (AvgIpc) is 3.15. The van der Waals surface area contributed by atoms with Gasteiger partial charge in [-0.2, -0.15) is 0 Å². The molecular weight excluding hydrogens is 406 g/mol. The maximum Gasteiger partial charge on any atom is 0.363 e. The zero-order valence-corrected chi connectivity index (χ0v) is 17.5. The van der Waals surface area contributed by atoms with Crippen LogP contribution in [0, 0.1) is 0 Å². The number of ether oxygens (including phenoxy) is 3. The maximum absolute atomic E-state index is 12.4. The van der Waals surface area contributed by atoms with Crippen LogP contribution in [0.5, 0.6) is 11.5 Å². The fraction of sp³-hybridized carbons (Fsp3) is 0.115. The van der Waals surface area contributed by atoms with Crippen LogP contribution in [0.1, 0.15) is 28.4 Å². The summed E-state index contributed by atoms with van der Waals surface area (Å²) in [4.78, 5) is 29.0. The van der Waals surface area contributed by atoms with E-state index in [-0.39, 0.29) is 5.70 Å². The van der Waals surface area contributed by atoms with Crippen LogP contribution in [0.2, 0.25) is 0 Å². The van der Waals surface area contributed by atoms with Crippen molar-refractivity contribution >= 4 is 23.9 Å². The lowest BCUT2D eigenvalue weighted by Crippen LogP contribution is -2.09. The van der Waals surface area contributed by atoms with Gasteiger partial charge in [0.25, 0.3) is 0 Å². The monoisotopic (exact) mass is 427 g/mol. The Labute approximate surface area is 185 Å². The third-order valence-corrected chi connectivity index (χ3v) is 4.65. The number of hydrogen-bond acceptors (Lipinski definition) is 6. The van der Waals surface area contributed by atoms with E-state index in [9.17, 15) is 9.59 Å². The van der Waals surface area contributed by atoms with Gasteiger partial charge in [-0.25, -0.2) is 14.6 Å². The molecule has 0 bridgehead atoms. The van der Waals surface area contributed by atoms with Crippen molar-refractivity contribution in [3.05, 3.63) is 101 Å². The zero-order chi connectivity index (χ0) is 22.3. The van der Waals surface area contributed by atoms with Gasteiger partial charge in [-0.15, -0.1) is 0 Å². The van der Waals surface area contributed by atoms with Crippen LogP contribution >= 0.6 is 0 Å². The normalized spacial score (nSPS) is 14.1. The first-order chi connectivity index (χ1) is 15.6. The SMILES string of the molecule is CCOc1cc(/C=C2/N=C(Cc3ccccc3)OC2=O)ccc1OC(=O)c1ccccc1. The van der Waals surface area contributed by atoms with Crippen molar-refractivity contribution in [2.24, 2.45) is 4.99 Å². The molecule has 3 aromatic carbocycles. The molecule has 6 heteroatoms. The Kier molecular flexibility index (Phi) is 6.41. The summed E-state index contributed by atoms with van der Waals surface area (Å²) < 4.78 is 16.5. The van der Waals surface area contributed by atoms with Crippen molar-refractivity contribution in [2.75, 3.05) is 6.61 Å². The van der Waals surface area contributed by atoms with Crippen LogP contribution in [-0.4, -0.2) is 24.4 Å². The molecule has 0 saturated carbocycles. The van der Waals surface area contributed by atoms with E-state index in [0.29, 0.717) is 41.6 Å². The molecule has 3 aromatic rings. The van der Waals surface area contributed by atoms with Crippen LogP contribution in [0.4, 0.5) is 0 Å². The van der Waals surface area contributed by atoms with Gasteiger partial charge in [0.1, 0.15) is 0 Å². The number of carbonyl (C=O) groups excluding carboxylic acids is 2. The molecule has 32 heavy (non-hydrogen) atoms. The molecular formula is C26H21NO5. The highest BCUT2D eigenvalue weighted by Gasteiger charge is 2.23.